The fraction of sp³-hybridized carbons (Fsp3) is 0.400. The summed E-state index contributed by atoms with van der Waals surface area (Å²) < 4.78 is 39.2. The Balaban J connectivity index is 0.00000208. The van der Waals surface area contributed by atoms with E-state index in [2.05, 4.69) is 10.4 Å². The van der Waals surface area contributed by atoms with E-state index in [0.717, 1.165) is 25.5 Å². The number of nitrogens with zero attached hydrogens (tertiary/aromatic N) is 2. The lowest BCUT2D eigenvalue weighted by Crippen LogP contribution is -2.45. The molecule has 1 aliphatic heterocycles. The zero-order chi connectivity index (χ0) is 16.6. The number of piperidine rings is 1. The monoisotopic (exact) mass is 380 g/mol. The number of hydrogen-bond acceptors (Lipinski definition) is 4. The quantitative estimate of drug-likeness (QED) is 0.823. The van der Waals surface area contributed by atoms with E-state index in [4.69, 9.17) is 17.3 Å². The van der Waals surface area contributed by atoms with Gasteiger partial charge in [0.2, 0.25) is 0 Å². The van der Waals surface area contributed by atoms with E-state index >= 15 is 0 Å². The van der Waals surface area contributed by atoms with Crippen LogP contribution in [0.3, 0.4) is 0 Å². The van der Waals surface area contributed by atoms with Crippen LogP contribution in [0.5, 0.6) is 0 Å². The lowest BCUT2D eigenvalue weighted by Gasteiger charge is -2.32. The third kappa shape index (κ3) is 4.22. The van der Waals surface area contributed by atoms with Crippen molar-refractivity contribution in [2.24, 2.45) is 5.73 Å². The molecule has 132 valence electrons. The van der Waals surface area contributed by atoms with Gasteiger partial charge in [-0.3, -0.25) is 0 Å². The molecular weight excluding hydrogens is 364 g/mol. The molecule has 2 heterocycles. The Morgan fingerprint density at radius 1 is 1.29 bits per heavy atom. The van der Waals surface area contributed by atoms with Crippen molar-refractivity contribution in [1.29, 1.82) is 0 Å². The molecule has 1 aliphatic rings. The summed E-state index contributed by atoms with van der Waals surface area (Å²) in [6, 6.07) is 5.64. The first-order valence-corrected chi connectivity index (χ1v) is 7.65. The van der Waals surface area contributed by atoms with E-state index in [1.807, 2.05) is 5.01 Å². The highest BCUT2D eigenvalue weighted by Crippen LogP contribution is 2.34. The van der Waals surface area contributed by atoms with E-state index in [1.165, 1.54) is 12.1 Å². The number of hydrazine groups is 1. The summed E-state index contributed by atoms with van der Waals surface area (Å²) in [6.45, 7) is 1.30. The van der Waals surface area contributed by atoms with Crippen molar-refractivity contribution in [3.63, 3.8) is 0 Å². The van der Waals surface area contributed by atoms with Crippen LogP contribution in [0, 0.1) is 0 Å². The summed E-state index contributed by atoms with van der Waals surface area (Å²) in [5.41, 5.74) is 8.61. The Labute approximate surface area is 148 Å². The van der Waals surface area contributed by atoms with Crippen LogP contribution in [0.15, 0.2) is 24.3 Å². The Morgan fingerprint density at radius 2 is 2.04 bits per heavy atom. The van der Waals surface area contributed by atoms with Crippen molar-refractivity contribution in [1.82, 2.24) is 9.99 Å². The largest absolute Gasteiger partial charge is 0.433 e. The van der Waals surface area contributed by atoms with Gasteiger partial charge in [0, 0.05) is 29.5 Å². The molecule has 3 rings (SSSR count). The molecule has 0 saturated carbocycles. The van der Waals surface area contributed by atoms with Gasteiger partial charge in [0.15, 0.2) is 0 Å². The number of anilines is 1. The van der Waals surface area contributed by atoms with E-state index in [-0.39, 0.29) is 24.0 Å². The number of halogens is 5. The fourth-order valence-electron chi connectivity index (χ4n) is 2.72. The second kappa shape index (κ2) is 7.31. The van der Waals surface area contributed by atoms with Crippen molar-refractivity contribution >= 4 is 40.6 Å². The summed E-state index contributed by atoms with van der Waals surface area (Å²) in [5, 5.41) is 2.83. The minimum Gasteiger partial charge on any atom is -0.326 e. The SMILES string of the molecule is Cl.N[C@H]1CCCN(Nc2cc(C(F)(F)F)nc3ccc(Cl)cc23)C1. The third-order valence-corrected chi connectivity index (χ3v) is 4.03. The fourth-order valence-corrected chi connectivity index (χ4v) is 2.89. The summed E-state index contributed by atoms with van der Waals surface area (Å²) in [5.74, 6) is 0. The summed E-state index contributed by atoms with van der Waals surface area (Å²) in [6.07, 6.45) is -2.71. The molecule has 1 aromatic carbocycles. The first kappa shape index (κ1) is 19.1. The summed E-state index contributed by atoms with van der Waals surface area (Å²) in [7, 11) is 0. The summed E-state index contributed by atoms with van der Waals surface area (Å²) in [4.78, 5) is 3.69. The molecule has 0 bridgehead atoms. The third-order valence-electron chi connectivity index (χ3n) is 3.80. The molecule has 0 aliphatic carbocycles. The number of alkyl halides is 3. The predicted molar refractivity (Wildman–Crippen MR) is 91.4 cm³/mol. The molecule has 4 nitrogen and oxygen atoms in total. The van der Waals surface area contributed by atoms with Gasteiger partial charge in [-0.25, -0.2) is 9.99 Å². The van der Waals surface area contributed by atoms with Gasteiger partial charge in [-0.2, -0.15) is 13.2 Å². The zero-order valence-electron chi connectivity index (χ0n) is 12.6. The van der Waals surface area contributed by atoms with Crippen LogP contribution in [-0.2, 0) is 6.18 Å². The second-order valence-corrected chi connectivity index (χ2v) is 6.11. The molecule has 1 aromatic heterocycles. The Bertz CT molecular complexity index is 724. The highest BCUT2D eigenvalue weighted by Gasteiger charge is 2.33. The lowest BCUT2D eigenvalue weighted by molar-refractivity contribution is -0.140. The van der Waals surface area contributed by atoms with E-state index in [9.17, 15) is 13.2 Å². The van der Waals surface area contributed by atoms with Gasteiger partial charge in [0.1, 0.15) is 5.69 Å². The molecule has 0 spiro atoms. The lowest BCUT2D eigenvalue weighted by atomic mass is 10.1. The van der Waals surface area contributed by atoms with Crippen molar-refractivity contribution in [2.75, 3.05) is 18.5 Å². The van der Waals surface area contributed by atoms with Crippen molar-refractivity contribution < 1.29 is 13.2 Å². The van der Waals surface area contributed by atoms with Crippen molar-refractivity contribution in [3.05, 3.63) is 35.0 Å². The van der Waals surface area contributed by atoms with Gasteiger partial charge < -0.3 is 11.2 Å². The molecule has 9 heteroatoms. The van der Waals surface area contributed by atoms with Crippen LogP contribution in [-0.4, -0.2) is 29.1 Å². The van der Waals surface area contributed by atoms with E-state index in [1.54, 1.807) is 6.07 Å². The first-order valence-electron chi connectivity index (χ1n) is 7.27. The highest BCUT2D eigenvalue weighted by molar-refractivity contribution is 6.31. The van der Waals surface area contributed by atoms with Gasteiger partial charge in [0.05, 0.1) is 11.2 Å². The molecule has 1 atom stereocenters. The average molecular weight is 381 g/mol. The molecule has 1 saturated heterocycles. The normalized spacial score (nSPS) is 19.1. The Morgan fingerprint density at radius 3 is 2.71 bits per heavy atom. The van der Waals surface area contributed by atoms with Gasteiger partial charge in [0.25, 0.3) is 0 Å². The molecular formula is C15H17Cl2F3N4. The topological polar surface area (TPSA) is 54.2 Å². The minimum absolute atomic E-state index is 0. The first-order chi connectivity index (χ1) is 10.8. The molecule has 0 radical (unpaired) electrons. The minimum atomic E-state index is -4.51. The molecule has 24 heavy (non-hydrogen) atoms. The van der Waals surface area contributed by atoms with Crippen LogP contribution < -0.4 is 11.2 Å². The maximum Gasteiger partial charge on any atom is 0.433 e. The molecule has 3 N–H and O–H groups in total. The van der Waals surface area contributed by atoms with Gasteiger partial charge in [-0.05, 0) is 37.1 Å². The van der Waals surface area contributed by atoms with Gasteiger partial charge >= 0.3 is 6.18 Å². The predicted octanol–water partition coefficient (Wildman–Crippen LogP) is 4.08. The van der Waals surface area contributed by atoms with Crippen molar-refractivity contribution in [3.8, 4) is 0 Å². The number of benzene rings is 1. The van der Waals surface area contributed by atoms with Crippen LogP contribution in [0.25, 0.3) is 10.9 Å². The van der Waals surface area contributed by atoms with Gasteiger partial charge in [-0.1, -0.05) is 11.6 Å². The smallest absolute Gasteiger partial charge is 0.326 e. The number of pyridine rings is 1. The van der Waals surface area contributed by atoms with E-state index in [0.29, 0.717) is 22.6 Å². The Hall–Kier alpha value is -1.28. The van der Waals surface area contributed by atoms with Crippen LogP contribution in [0.1, 0.15) is 18.5 Å². The second-order valence-electron chi connectivity index (χ2n) is 5.67. The molecule has 0 amide bonds. The highest BCUT2D eigenvalue weighted by atomic mass is 35.5. The number of rotatable bonds is 2. The number of aromatic nitrogens is 1. The number of nitrogens with one attached hydrogen (secondary N) is 1. The maximum absolute atomic E-state index is 13.1. The van der Waals surface area contributed by atoms with Crippen LogP contribution in [0.4, 0.5) is 18.9 Å². The standard InChI is InChI=1S/C15H16ClF3N4.ClH/c16-9-3-4-12-11(6-9)13(7-14(21-12)15(17,18)19)22-23-5-1-2-10(20)8-23;/h3-4,6-7,10H,1-2,5,8,20H2,(H,21,22);1H/t10-;/m0./s1. The molecule has 0 unspecified atom stereocenters. The van der Waals surface area contributed by atoms with Crippen LogP contribution >= 0.6 is 24.0 Å². The summed E-state index contributed by atoms with van der Waals surface area (Å²) >= 11 is 5.97. The number of nitrogens with two attached hydrogens (primary N) is 1. The Kier molecular flexibility index (Phi) is 5.80. The van der Waals surface area contributed by atoms with Crippen LogP contribution in [0.2, 0.25) is 5.02 Å². The van der Waals surface area contributed by atoms with Crippen molar-refractivity contribution in [2.45, 2.75) is 25.1 Å². The number of hydrogen-bond donors (Lipinski definition) is 2. The zero-order valence-corrected chi connectivity index (χ0v) is 14.2. The number of fused-ring (bicyclic) bond motifs is 1. The average Bonchev–Trinajstić information content (AvgIpc) is 2.46. The van der Waals surface area contributed by atoms with Gasteiger partial charge in [-0.15, -0.1) is 12.4 Å². The maximum atomic E-state index is 13.1. The molecule has 1 fully saturated rings. The molecule has 2 aromatic rings. The van der Waals surface area contributed by atoms with E-state index < -0.39 is 11.9 Å².